The van der Waals surface area contributed by atoms with Crippen molar-refractivity contribution < 1.29 is 4.84 Å². The molecule has 0 spiro atoms. The third-order valence-corrected chi connectivity index (χ3v) is 2.85. The summed E-state index contributed by atoms with van der Waals surface area (Å²) >= 11 is 0. The molecule has 0 saturated carbocycles. The fourth-order valence-corrected chi connectivity index (χ4v) is 1.90. The van der Waals surface area contributed by atoms with Gasteiger partial charge in [0.1, 0.15) is 0 Å². The molecule has 0 radical (unpaired) electrons. The quantitative estimate of drug-likeness (QED) is 0.685. The van der Waals surface area contributed by atoms with Gasteiger partial charge in [0.25, 0.3) is 0 Å². The molecule has 80 valence electrons. The minimum Gasteiger partial charge on any atom is -0.387 e. The molecule has 2 unspecified atom stereocenters. The van der Waals surface area contributed by atoms with Gasteiger partial charge in [0.15, 0.2) is 6.10 Å². The van der Waals surface area contributed by atoms with E-state index in [4.69, 9.17) is 4.84 Å². The topological polar surface area (TPSA) is 21.6 Å². The molecule has 0 N–H and O–H groups in total. The van der Waals surface area contributed by atoms with Crippen molar-refractivity contribution in [3.63, 3.8) is 0 Å². The summed E-state index contributed by atoms with van der Waals surface area (Å²) in [6, 6.07) is 10.3. The second kappa shape index (κ2) is 3.69. The summed E-state index contributed by atoms with van der Waals surface area (Å²) in [7, 11) is 0. The fraction of sp³-hybridized carbons (Fsp3) is 0.462. The van der Waals surface area contributed by atoms with Gasteiger partial charge in [0.05, 0.1) is 6.21 Å². The van der Waals surface area contributed by atoms with E-state index in [0.29, 0.717) is 5.92 Å². The summed E-state index contributed by atoms with van der Waals surface area (Å²) in [5.74, 6) is 0.347. The highest BCUT2D eigenvalue weighted by atomic mass is 16.6. The minimum atomic E-state index is 0.0752. The first-order chi connectivity index (χ1) is 7.09. The van der Waals surface area contributed by atoms with Gasteiger partial charge in [-0.1, -0.05) is 56.3 Å². The summed E-state index contributed by atoms with van der Waals surface area (Å²) in [4.78, 5) is 5.45. The average molecular weight is 203 g/mol. The molecule has 1 aliphatic rings. The SMILES string of the molecule is CC(C)(C)C1C=NOC1c1ccccc1. The number of benzene rings is 1. The Kier molecular flexibility index (Phi) is 2.51. The Hall–Kier alpha value is -1.31. The van der Waals surface area contributed by atoms with E-state index in [1.165, 1.54) is 5.56 Å². The van der Waals surface area contributed by atoms with Crippen LogP contribution in [0.4, 0.5) is 0 Å². The van der Waals surface area contributed by atoms with Crippen LogP contribution in [-0.2, 0) is 4.84 Å². The van der Waals surface area contributed by atoms with Crippen LogP contribution in [0.1, 0.15) is 32.4 Å². The van der Waals surface area contributed by atoms with Crippen LogP contribution in [0.5, 0.6) is 0 Å². The predicted octanol–water partition coefficient (Wildman–Crippen LogP) is 3.41. The van der Waals surface area contributed by atoms with E-state index in [1.54, 1.807) is 0 Å². The van der Waals surface area contributed by atoms with Crippen molar-refractivity contribution >= 4 is 6.21 Å². The first-order valence-corrected chi connectivity index (χ1v) is 5.33. The maximum Gasteiger partial charge on any atom is 0.160 e. The van der Waals surface area contributed by atoms with E-state index >= 15 is 0 Å². The van der Waals surface area contributed by atoms with E-state index in [0.717, 1.165) is 0 Å². The van der Waals surface area contributed by atoms with Crippen molar-refractivity contribution in [1.29, 1.82) is 0 Å². The van der Waals surface area contributed by atoms with Gasteiger partial charge in [-0.3, -0.25) is 0 Å². The van der Waals surface area contributed by atoms with Crippen LogP contribution in [0, 0.1) is 11.3 Å². The number of hydrogen-bond donors (Lipinski definition) is 0. The summed E-state index contributed by atoms with van der Waals surface area (Å²) in [5.41, 5.74) is 1.38. The zero-order valence-electron chi connectivity index (χ0n) is 9.47. The molecule has 1 aromatic rings. The molecule has 15 heavy (non-hydrogen) atoms. The van der Waals surface area contributed by atoms with Crippen LogP contribution >= 0.6 is 0 Å². The summed E-state index contributed by atoms with van der Waals surface area (Å²) in [6.45, 7) is 6.65. The Bertz CT molecular complexity index is 351. The first kappa shape index (κ1) is 10.2. The minimum absolute atomic E-state index is 0.0752. The predicted molar refractivity (Wildman–Crippen MR) is 61.7 cm³/mol. The van der Waals surface area contributed by atoms with E-state index in [1.807, 2.05) is 24.4 Å². The maximum absolute atomic E-state index is 5.45. The lowest BCUT2D eigenvalue weighted by atomic mass is 9.76. The van der Waals surface area contributed by atoms with Gasteiger partial charge in [-0.25, -0.2) is 0 Å². The summed E-state index contributed by atoms with van der Waals surface area (Å²) in [5, 5.41) is 3.96. The zero-order chi connectivity index (χ0) is 10.9. The van der Waals surface area contributed by atoms with Crippen LogP contribution in [0.15, 0.2) is 35.5 Å². The van der Waals surface area contributed by atoms with Crippen LogP contribution in [0.25, 0.3) is 0 Å². The molecule has 0 amide bonds. The molecule has 2 heteroatoms. The number of rotatable bonds is 1. The molecule has 2 rings (SSSR count). The molecule has 0 fully saturated rings. The van der Waals surface area contributed by atoms with Crippen LogP contribution < -0.4 is 0 Å². The monoisotopic (exact) mass is 203 g/mol. The van der Waals surface area contributed by atoms with E-state index in [-0.39, 0.29) is 11.5 Å². The maximum atomic E-state index is 5.45. The zero-order valence-corrected chi connectivity index (χ0v) is 9.47. The lowest BCUT2D eigenvalue weighted by molar-refractivity contribution is 0.0327. The Labute approximate surface area is 90.9 Å². The average Bonchev–Trinajstić information content (AvgIpc) is 2.67. The second-order valence-corrected chi connectivity index (χ2v) is 5.08. The lowest BCUT2D eigenvalue weighted by Crippen LogP contribution is -2.25. The molecule has 1 heterocycles. The van der Waals surface area contributed by atoms with Crippen LogP contribution in [0.2, 0.25) is 0 Å². The van der Waals surface area contributed by atoms with Gasteiger partial charge in [0, 0.05) is 5.92 Å². The largest absolute Gasteiger partial charge is 0.387 e. The highest BCUT2D eigenvalue weighted by Crippen LogP contribution is 2.40. The summed E-state index contributed by atoms with van der Waals surface area (Å²) < 4.78 is 0. The normalized spacial score (nSPS) is 25.3. The van der Waals surface area contributed by atoms with Gasteiger partial charge in [-0.15, -0.1) is 0 Å². The molecular weight excluding hydrogens is 186 g/mol. The third kappa shape index (κ3) is 2.04. The highest BCUT2D eigenvalue weighted by Gasteiger charge is 2.36. The molecule has 0 aromatic heterocycles. The van der Waals surface area contributed by atoms with Gasteiger partial charge in [-0.05, 0) is 11.0 Å². The van der Waals surface area contributed by atoms with Crippen molar-refractivity contribution in [2.24, 2.45) is 16.5 Å². The van der Waals surface area contributed by atoms with E-state index in [2.05, 4.69) is 38.1 Å². The van der Waals surface area contributed by atoms with Crippen molar-refractivity contribution in [1.82, 2.24) is 0 Å². The smallest absolute Gasteiger partial charge is 0.160 e. The molecule has 1 aliphatic heterocycles. The molecule has 2 nitrogen and oxygen atoms in total. The molecule has 0 bridgehead atoms. The Morgan fingerprint density at radius 2 is 1.80 bits per heavy atom. The molecule has 0 aliphatic carbocycles. The van der Waals surface area contributed by atoms with Crippen LogP contribution in [-0.4, -0.2) is 6.21 Å². The van der Waals surface area contributed by atoms with Gasteiger partial charge >= 0.3 is 0 Å². The van der Waals surface area contributed by atoms with E-state index in [9.17, 15) is 0 Å². The van der Waals surface area contributed by atoms with Crippen molar-refractivity contribution in [2.45, 2.75) is 26.9 Å². The molecule has 1 aromatic carbocycles. The summed E-state index contributed by atoms with van der Waals surface area (Å²) in [6.07, 6.45) is 2.00. The Morgan fingerprint density at radius 1 is 1.13 bits per heavy atom. The second-order valence-electron chi connectivity index (χ2n) is 5.08. The Balaban J connectivity index is 2.25. The Morgan fingerprint density at radius 3 is 2.40 bits per heavy atom. The van der Waals surface area contributed by atoms with Crippen molar-refractivity contribution in [2.75, 3.05) is 0 Å². The van der Waals surface area contributed by atoms with Crippen LogP contribution in [0.3, 0.4) is 0 Å². The van der Waals surface area contributed by atoms with Gasteiger partial charge in [0.2, 0.25) is 0 Å². The number of hydrogen-bond acceptors (Lipinski definition) is 2. The molecule has 0 saturated heterocycles. The number of nitrogens with zero attached hydrogens (tertiary/aromatic N) is 1. The van der Waals surface area contributed by atoms with Gasteiger partial charge < -0.3 is 4.84 Å². The third-order valence-electron chi connectivity index (χ3n) is 2.85. The van der Waals surface area contributed by atoms with E-state index < -0.39 is 0 Å². The van der Waals surface area contributed by atoms with Crippen molar-refractivity contribution in [3.8, 4) is 0 Å². The fourth-order valence-electron chi connectivity index (χ4n) is 1.90. The van der Waals surface area contributed by atoms with Crippen molar-refractivity contribution in [3.05, 3.63) is 35.9 Å². The highest BCUT2D eigenvalue weighted by molar-refractivity contribution is 5.64. The standard InChI is InChI=1S/C13H17NO/c1-13(2,3)11-9-14-15-12(11)10-7-5-4-6-8-10/h4-9,11-12H,1-3H3. The first-order valence-electron chi connectivity index (χ1n) is 5.33. The number of oxime groups is 1. The molecular formula is C13H17NO. The van der Waals surface area contributed by atoms with Gasteiger partial charge in [-0.2, -0.15) is 0 Å². The molecule has 2 atom stereocenters. The lowest BCUT2D eigenvalue weighted by Gasteiger charge is -2.28.